The first-order chi connectivity index (χ1) is 9.29. The van der Waals surface area contributed by atoms with E-state index in [4.69, 9.17) is 14.2 Å². The molecular weight excluding hydrogens is 242 g/mol. The molecule has 1 aliphatic rings. The average molecular weight is 257 g/mol. The van der Waals surface area contributed by atoms with Gasteiger partial charge in [0, 0.05) is 18.9 Å². The van der Waals surface area contributed by atoms with Gasteiger partial charge in [-0.2, -0.15) is 0 Å². The SMILES string of the molecule is COC1COc2c(Oc3cccnc3C)cccc21. The second-order valence-electron chi connectivity index (χ2n) is 4.40. The molecule has 0 saturated carbocycles. The lowest BCUT2D eigenvalue weighted by molar-refractivity contribution is 0.0815. The molecule has 98 valence electrons. The van der Waals surface area contributed by atoms with E-state index in [-0.39, 0.29) is 6.10 Å². The number of hydrogen-bond acceptors (Lipinski definition) is 4. The summed E-state index contributed by atoms with van der Waals surface area (Å²) in [7, 11) is 1.68. The molecule has 0 fully saturated rings. The van der Waals surface area contributed by atoms with Crippen LogP contribution in [0.15, 0.2) is 36.5 Å². The number of ether oxygens (including phenoxy) is 3. The highest BCUT2D eigenvalue weighted by atomic mass is 16.6. The smallest absolute Gasteiger partial charge is 0.169 e. The maximum absolute atomic E-state index is 5.90. The second kappa shape index (κ2) is 4.90. The van der Waals surface area contributed by atoms with E-state index >= 15 is 0 Å². The largest absolute Gasteiger partial charge is 0.486 e. The van der Waals surface area contributed by atoms with Gasteiger partial charge in [-0.15, -0.1) is 0 Å². The number of benzene rings is 1. The van der Waals surface area contributed by atoms with Crippen molar-refractivity contribution in [3.05, 3.63) is 47.8 Å². The molecule has 1 aliphatic heterocycles. The molecule has 0 radical (unpaired) electrons. The second-order valence-corrected chi connectivity index (χ2v) is 4.40. The summed E-state index contributed by atoms with van der Waals surface area (Å²) in [4.78, 5) is 4.21. The Labute approximate surface area is 112 Å². The Balaban J connectivity index is 1.95. The van der Waals surface area contributed by atoms with Gasteiger partial charge in [-0.05, 0) is 25.1 Å². The molecule has 0 N–H and O–H groups in total. The summed E-state index contributed by atoms with van der Waals surface area (Å²) in [5.74, 6) is 2.20. The third-order valence-corrected chi connectivity index (χ3v) is 3.20. The molecule has 1 aromatic carbocycles. The van der Waals surface area contributed by atoms with Crippen molar-refractivity contribution in [1.29, 1.82) is 0 Å². The van der Waals surface area contributed by atoms with E-state index in [2.05, 4.69) is 4.98 Å². The van der Waals surface area contributed by atoms with Crippen LogP contribution in [0, 0.1) is 6.92 Å². The van der Waals surface area contributed by atoms with Gasteiger partial charge in [0.2, 0.25) is 0 Å². The molecule has 1 unspecified atom stereocenters. The van der Waals surface area contributed by atoms with Crippen LogP contribution in [0.2, 0.25) is 0 Å². The van der Waals surface area contributed by atoms with Crippen LogP contribution in [0.1, 0.15) is 17.4 Å². The highest BCUT2D eigenvalue weighted by Crippen LogP contribution is 2.43. The van der Waals surface area contributed by atoms with Crippen LogP contribution in [0.4, 0.5) is 0 Å². The molecule has 2 aromatic rings. The first kappa shape index (κ1) is 12.0. The van der Waals surface area contributed by atoms with E-state index in [9.17, 15) is 0 Å². The van der Waals surface area contributed by atoms with Gasteiger partial charge in [0.15, 0.2) is 11.5 Å². The summed E-state index contributed by atoms with van der Waals surface area (Å²) in [6.07, 6.45) is 1.73. The Morgan fingerprint density at radius 1 is 1.21 bits per heavy atom. The van der Waals surface area contributed by atoms with Gasteiger partial charge >= 0.3 is 0 Å². The summed E-state index contributed by atoms with van der Waals surface area (Å²) in [6, 6.07) is 9.58. The van der Waals surface area contributed by atoms with Crippen LogP contribution in [0.3, 0.4) is 0 Å². The van der Waals surface area contributed by atoms with Crippen molar-refractivity contribution in [2.24, 2.45) is 0 Å². The summed E-state index contributed by atoms with van der Waals surface area (Å²) >= 11 is 0. The van der Waals surface area contributed by atoms with Gasteiger partial charge in [0.25, 0.3) is 0 Å². The maximum Gasteiger partial charge on any atom is 0.169 e. The van der Waals surface area contributed by atoms with Gasteiger partial charge in [-0.3, -0.25) is 4.98 Å². The lowest BCUT2D eigenvalue weighted by Crippen LogP contribution is -2.01. The third kappa shape index (κ3) is 2.15. The molecule has 19 heavy (non-hydrogen) atoms. The molecule has 0 saturated heterocycles. The molecule has 0 spiro atoms. The van der Waals surface area contributed by atoms with Gasteiger partial charge in [0.1, 0.15) is 18.5 Å². The molecular formula is C15H15NO3. The quantitative estimate of drug-likeness (QED) is 0.846. The van der Waals surface area contributed by atoms with Gasteiger partial charge in [-0.25, -0.2) is 0 Å². The molecule has 2 heterocycles. The number of pyridine rings is 1. The number of rotatable bonds is 3. The fraction of sp³-hybridized carbons (Fsp3) is 0.267. The molecule has 3 rings (SSSR count). The Morgan fingerprint density at radius 2 is 2.05 bits per heavy atom. The number of para-hydroxylation sites is 1. The summed E-state index contributed by atoms with van der Waals surface area (Å²) < 4.78 is 17.0. The van der Waals surface area contributed by atoms with Crippen LogP contribution in [-0.2, 0) is 4.74 Å². The van der Waals surface area contributed by atoms with E-state index < -0.39 is 0 Å². The Kier molecular flexibility index (Phi) is 3.09. The van der Waals surface area contributed by atoms with Crippen LogP contribution in [0.25, 0.3) is 0 Å². The number of nitrogens with zero attached hydrogens (tertiary/aromatic N) is 1. The van der Waals surface area contributed by atoms with E-state index in [1.54, 1.807) is 13.3 Å². The van der Waals surface area contributed by atoms with Gasteiger partial charge in [0.05, 0.1) is 5.69 Å². The third-order valence-electron chi connectivity index (χ3n) is 3.20. The predicted molar refractivity (Wildman–Crippen MR) is 70.7 cm³/mol. The lowest BCUT2D eigenvalue weighted by atomic mass is 10.1. The van der Waals surface area contributed by atoms with Crippen LogP contribution in [0.5, 0.6) is 17.2 Å². The molecule has 0 amide bonds. The van der Waals surface area contributed by atoms with Crippen LogP contribution >= 0.6 is 0 Å². The highest BCUT2D eigenvalue weighted by molar-refractivity contribution is 5.51. The maximum atomic E-state index is 5.90. The van der Waals surface area contributed by atoms with E-state index in [1.807, 2.05) is 37.3 Å². The van der Waals surface area contributed by atoms with Gasteiger partial charge in [-0.1, -0.05) is 12.1 Å². The molecule has 0 aliphatic carbocycles. The Hall–Kier alpha value is -2.07. The summed E-state index contributed by atoms with van der Waals surface area (Å²) in [6.45, 7) is 2.44. The first-order valence-electron chi connectivity index (χ1n) is 6.17. The van der Waals surface area contributed by atoms with Crippen molar-refractivity contribution in [3.8, 4) is 17.2 Å². The minimum Gasteiger partial charge on any atom is -0.486 e. The summed E-state index contributed by atoms with van der Waals surface area (Å²) in [5.41, 5.74) is 1.88. The molecule has 1 atom stereocenters. The first-order valence-corrected chi connectivity index (χ1v) is 6.17. The summed E-state index contributed by atoms with van der Waals surface area (Å²) in [5, 5.41) is 0. The predicted octanol–water partition coefficient (Wildman–Crippen LogP) is 3.26. The normalized spacial score (nSPS) is 16.8. The van der Waals surface area contributed by atoms with E-state index in [1.165, 1.54) is 0 Å². The number of aromatic nitrogens is 1. The van der Waals surface area contributed by atoms with Crippen molar-refractivity contribution >= 4 is 0 Å². The van der Waals surface area contributed by atoms with E-state index in [0.717, 1.165) is 22.8 Å². The van der Waals surface area contributed by atoms with Crippen molar-refractivity contribution in [3.63, 3.8) is 0 Å². The van der Waals surface area contributed by atoms with Crippen molar-refractivity contribution in [2.45, 2.75) is 13.0 Å². The fourth-order valence-electron chi connectivity index (χ4n) is 2.16. The zero-order chi connectivity index (χ0) is 13.2. The van der Waals surface area contributed by atoms with Crippen molar-refractivity contribution < 1.29 is 14.2 Å². The van der Waals surface area contributed by atoms with E-state index in [0.29, 0.717) is 12.4 Å². The van der Waals surface area contributed by atoms with Crippen LogP contribution < -0.4 is 9.47 Å². The number of fused-ring (bicyclic) bond motifs is 1. The lowest BCUT2D eigenvalue weighted by Gasteiger charge is -2.11. The fourth-order valence-corrected chi connectivity index (χ4v) is 2.16. The zero-order valence-corrected chi connectivity index (χ0v) is 10.9. The molecule has 1 aromatic heterocycles. The minimum atomic E-state index is -0.0199. The minimum absolute atomic E-state index is 0.0199. The topological polar surface area (TPSA) is 40.6 Å². The number of hydrogen-bond donors (Lipinski definition) is 0. The van der Waals surface area contributed by atoms with Crippen molar-refractivity contribution in [1.82, 2.24) is 4.98 Å². The zero-order valence-electron chi connectivity index (χ0n) is 10.9. The Morgan fingerprint density at radius 3 is 2.84 bits per heavy atom. The molecule has 4 nitrogen and oxygen atoms in total. The monoisotopic (exact) mass is 257 g/mol. The van der Waals surface area contributed by atoms with Crippen molar-refractivity contribution in [2.75, 3.05) is 13.7 Å². The Bertz CT molecular complexity index is 598. The highest BCUT2D eigenvalue weighted by Gasteiger charge is 2.27. The standard InChI is InChI=1S/C15H15NO3/c1-10-12(7-4-8-16-10)19-13-6-3-5-11-14(17-2)9-18-15(11)13/h3-8,14H,9H2,1-2H3. The number of methoxy groups -OCH3 is 1. The average Bonchev–Trinajstić information content (AvgIpc) is 2.85. The molecule has 4 heteroatoms. The van der Waals surface area contributed by atoms with Crippen LogP contribution in [-0.4, -0.2) is 18.7 Å². The molecule has 0 bridgehead atoms. The number of aryl methyl sites for hydroxylation is 1. The van der Waals surface area contributed by atoms with Gasteiger partial charge < -0.3 is 14.2 Å².